The highest BCUT2D eigenvalue weighted by Crippen LogP contribution is 2.68. The Morgan fingerprint density at radius 2 is 1.67 bits per heavy atom. The van der Waals surface area contributed by atoms with E-state index >= 15 is 0 Å². The van der Waals surface area contributed by atoms with Crippen LogP contribution in [0.1, 0.15) is 98.8 Å². The van der Waals surface area contributed by atoms with E-state index < -0.39 is 10.0 Å². The summed E-state index contributed by atoms with van der Waals surface area (Å²) in [5.41, 5.74) is 0.490. The van der Waals surface area contributed by atoms with Gasteiger partial charge in [-0.1, -0.05) is 34.6 Å². The minimum Gasteiger partial charge on any atom is -0.469 e. The molecule has 39 heavy (non-hydrogen) atoms. The van der Waals surface area contributed by atoms with E-state index in [1.807, 2.05) is 0 Å². The van der Waals surface area contributed by atoms with Crippen molar-refractivity contribution in [1.29, 1.82) is 0 Å². The van der Waals surface area contributed by atoms with Gasteiger partial charge in [0.2, 0.25) is 10.0 Å². The van der Waals surface area contributed by atoms with Crippen molar-refractivity contribution in [2.75, 3.05) is 26.5 Å². The van der Waals surface area contributed by atoms with Crippen LogP contribution in [0, 0.1) is 46.3 Å². The van der Waals surface area contributed by atoms with Gasteiger partial charge < -0.3 is 15.4 Å². The van der Waals surface area contributed by atoms with Crippen LogP contribution in [0.3, 0.4) is 0 Å². The third-order valence-corrected chi connectivity index (χ3v) is 12.7. The van der Waals surface area contributed by atoms with Gasteiger partial charge in [-0.05, 0) is 104 Å². The number of ether oxygens (including phenoxy) is 1. The first kappa shape index (κ1) is 31.2. The highest BCUT2D eigenvalue weighted by molar-refractivity contribution is 7.88. The van der Waals surface area contributed by atoms with E-state index in [-0.39, 0.29) is 22.8 Å². The number of fused-ring (bicyclic) bond motifs is 5. The van der Waals surface area contributed by atoms with Crippen LogP contribution >= 0.6 is 0 Å². The van der Waals surface area contributed by atoms with Crippen molar-refractivity contribution in [1.82, 2.24) is 15.4 Å². The summed E-state index contributed by atoms with van der Waals surface area (Å²) >= 11 is 0. The molecule has 7 nitrogen and oxygen atoms in total. The SMILES string of the molecule is COC(=O)CC[C@@H](C)[C@H]1CCC2C3C(CC[C@@]21C)[C@@]1(C)CCC(NCCNC(C)C)C[C@@H]1C[C@H]3NS(C)(=O)=O. The maximum absolute atomic E-state index is 12.7. The molecule has 4 unspecified atom stereocenters. The van der Waals surface area contributed by atoms with Crippen molar-refractivity contribution in [3.8, 4) is 0 Å². The Balaban J connectivity index is 1.52. The molecule has 8 heteroatoms. The number of carbonyl (C=O) groups is 1. The third-order valence-electron chi connectivity index (χ3n) is 12.0. The van der Waals surface area contributed by atoms with Crippen molar-refractivity contribution in [2.45, 2.75) is 117 Å². The fraction of sp³-hybridized carbons (Fsp3) is 0.968. The van der Waals surface area contributed by atoms with Crippen LogP contribution < -0.4 is 15.4 Å². The molecule has 0 saturated heterocycles. The standard InChI is InChI=1S/C31H57N3O4S/c1-20(2)32-16-17-33-23-12-14-30(4)22(18-23)19-27(34-39(7,36)37)29-25-10-9-24(21(3)8-11-28(35)38-6)31(25,5)15-13-26(29)30/h20-27,29,32-34H,8-19H2,1-7H3/t21-,22-,23?,24-,25?,26?,27-,29?,30+,31-/m1/s1. The van der Waals surface area contributed by atoms with Gasteiger partial charge in [0.1, 0.15) is 0 Å². The van der Waals surface area contributed by atoms with Crippen LogP contribution in [0.25, 0.3) is 0 Å². The van der Waals surface area contributed by atoms with Gasteiger partial charge in [-0.2, -0.15) is 0 Å². The van der Waals surface area contributed by atoms with Gasteiger partial charge in [0.15, 0.2) is 0 Å². The molecule has 0 aliphatic heterocycles. The van der Waals surface area contributed by atoms with E-state index in [4.69, 9.17) is 4.74 Å². The Hall–Kier alpha value is -0.700. The van der Waals surface area contributed by atoms with E-state index in [2.05, 4.69) is 50.0 Å². The zero-order valence-corrected chi connectivity index (χ0v) is 26.5. The van der Waals surface area contributed by atoms with Gasteiger partial charge in [0.05, 0.1) is 13.4 Å². The Morgan fingerprint density at radius 1 is 0.974 bits per heavy atom. The van der Waals surface area contributed by atoms with Crippen molar-refractivity contribution in [3.05, 3.63) is 0 Å². The van der Waals surface area contributed by atoms with Crippen molar-refractivity contribution in [2.24, 2.45) is 46.3 Å². The maximum Gasteiger partial charge on any atom is 0.305 e. The van der Waals surface area contributed by atoms with E-state index in [1.165, 1.54) is 51.9 Å². The molecule has 4 fully saturated rings. The Bertz CT molecular complexity index is 957. The molecule has 0 spiro atoms. The number of sulfonamides is 1. The molecule has 0 aromatic carbocycles. The molecule has 4 aliphatic rings. The number of hydrogen-bond acceptors (Lipinski definition) is 6. The van der Waals surface area contributed by atoms with Crippen molar-refractivity contribution >= 4 is 16.0 Å². The van der Waals surface area contributed by atoms with Crippen LogP contribution in [0.15, 0.2) is 0 Å². The lowest BCUT2D eigenvalue weighted by Gasteiger charge is -2.63. The summed E-state index contributed by atoms with van der Waals surface area (Å²) in [6.45, 7) is 13.7. The zero-order chi connectivity index (χ0) is 28.6. The molecule has 0 heterocycles. The first-order valence-electron chi connectivity index (χ1n) is 15.8. The maximum atomic E-state index is 12.7. The second-order valence-corrected chi connectivity index (χ2v) is 16.4. The van der Waals surface area contributed by atoms with Crippen LogP contribution in [0.4, 0.5) is 0 Å². The lowest BCUT2D eigenvalue weighted by Crippen LogP contribution is -2.62. The molecule has 0 radical (unpaired) electrons. The van der Waals surface area contributed by atoms with Crippen LogP contribution in [-0.2, 0) is 19.6 Å². The lowest BCUT2D eigenvalue weighted by molar-refractivity contribution is -0.141. The summed E-state index contributed by atoms with van der Waals surface area (Å²) in [6.07, 6.45) is 12.1. The molecule has 4 aliphatic carbocycles. The molecule has 10 atom stereocenters. The van der Waals surface area contributed by atoms with E-state index in [1.54, 1.807) is 0 Å². The predicted octanol–water partition coefficient (Wildman–Crippen LogP) is 4.72. The molecule has 0 bridgehead atoms. The second kappa shape index (κ2) is 12.3. The Kier molecular flexibility index (Phi) is 9.83. The first-order valence-corrected chi connectivity index (χ1v) is 17.7. The van der Waals surface area contributed by atoms with Gasteiger partial charge in [-0.25, -0.2) is 13.1 Å². The fourth-order valence-electron chi connectivity index (χ4n) is 10.1. The minimum absolute atomic E-state index is 0.0261. The fourth-order valence-corrected chi connectivity index (χ4v) is 10.9. The average molecular weight is 568 g/mol. The van der Waals surface area contributed by atoms with Crippen LogP contribution in [0.5, 0.6) is 0 Å². The zero-order valence-electron chi connectivity index (χ0n) is 25.7. The summed E-state index contributed by atoms with van der Waals surface area (Å²) < 4.78 is 33.4. The minimum atomic E-state index is -3.30. The third kappa shape index (κ3) is 6.70. The molecule has 226 valence electrons. The molecule has 3 N–H and O–H groups in total. The molecule has 4 rings (SSSR count). The smallest absolute Gasteiger partial charge is 0.305 e. The molecule has 0 aromatic heterocycles. The Morgan fingerprint density at radius 3 is 2.33 bits per heavy atom. The number of hydrogen-bond donors (Lipinski definition) is 3. The largest absolute Gasteiger partial charge is 0.469 e. The Labute approximate surface area is 238 Å². The van der Waals surface area contributed by atoms with Gasteiger partial charge in [-0.15, -0.1) is 0 Å². The van der Waals surface area contributed by atoms with Crippen LogP contribution in [0.2, 0.25) is 0 Å². The normalized spacial score (nSPS) is 41.0. The van der Waals surface area contributed by atoms with Gasteiger partial charge in [0, 0.05) is 37.6 Å². The highest BCUT2D eigenvalue weighted by Gasteiger charge is 2.63. The van der Waals surface area contributed by atoms with E-state index in [9.17, 15) is 13.2 Å². The quantitative estimate of drug-likeness (QED) is 0.247. The summed E-state index contributed by atoms with van der Waals surface area (Å²) in [5, 5.41) is 7.32. The second-order valence-electron chi connectivity index (χ2n) is 14.6. The number of nitrogens with one attached hydrogen (secondary N) is 3. The highest BCUT2D eigenvalue weighted by atomic mass is 32.2. The lowest BCUT2D eigenvalue weighted by atomic mass is 9.43. The van der Waals surface area contributed by atoms with Gasteiger partial charge >= 0.3 is 5.97 Å². The number of esters is 1. The van der Waals surface area contributed by atoms with Gasteiger partial charge in [-0.3, -0.25) is 4.79 Å². The molecule has 4 saturated carbocycles. The average Bonchev–Trinajstić information content (AvgIpc) is 3.21. The molecular formula is C31H57N3O4S. The van der Waals surface area contributed by atoms with Crippen LogP contribution in [-0.4, -0.2) is 59.0 Å². The van der Waals surface area contributed by atoms with E-state index in [0.717, 1.165) is 32.4 Å². The van der Waals surface area contributed by atoms with E-state index in [0.29, 0.717) is 54.0 Å². The summed E-state index contributed by atoms with van der Waals surface area (Å²) in [6, 6.07) is 1.05. The molecular weight excluding hydrogens is 510 g/mol. The summed E-state index contributed by atoms with van der Waals surface area (Å²) in [7, 11) is -1.82. The molecule has 0 amide bonds. The molecule has 0 aromatic rings. The van der Waals surface area contributed by atoms with Crippen molar-refractivity contribution in [3.63, 3.8) is 0 Å². The van der Waals surface area contributed by atoms with Gasteiger partial charge in [0.25, 0.3) is 0 Å². The predicted molar refractivity (Wildman–Crippen MR) is 158 cm³/mol. The number of carbonyl (C=O) groups excluding carboxylic acids is 1. The summed E-state index contributed by atoms with van der Waals surface area (Å²) in [5.74, 6) is 2.99. The number of methoxy groups -OCH3 is 1. The topological polar surface area (TPSA) is 96.5 Å². The monoisotopic (exact) mass is 567 g/mol. The summed E-state index contributed by atoms with van der Waals surface area (Å²) in [4.78, 5) is 11.9. The number of rotatable bonds is 11. The van der Waals surface area contributed by atoms with Crippen molar-refractivity contribution < 1.29 is 17.9 Å². The first-order chi connectivity index (χ1) is 18.3.